The van der Waals surface area contributed by atoms with E-state index in [9.17, 15) is 4.39 Å². The molecular formula is C13H18FN. The molecule has 82 valence electrons. The van der Waals surface area contributed by atoms with Gasteiger partial charge < -0.3 is 4.90 Å². The second-order valence-electron chi connectivity index (χ2n) is 4.34. The summed E-state index contributed by atoms with van der Waals surface area (Å²) in [5, 5.41) is 0. The average molecular weight is 207 g/mol. The molecule has 1 atom stereocenters. The molecule has 0 bridgehead atoms. The van der Waals surface area contributed by atoms with Crippen molar-refractivity contribution in [3.05, 3.63) is 35.6 Å². The van der Waals surface area contributed by atoms with Gasteiger partial charge in [-0.3, -0.25) is 0 Å². The fourth-order valence-electron chi connectivity index (χ4n) is 2.36. The Labute approximate surface area is 90.9 Å². The van der Waals surface area contributed by atoms with Crippen LogP contribution in [0.2, 0.25) is 0 Å². The van der Waals surface area contributed by atoms with Crippen LogP contribution >= 0.6 is 0 Å². The van der Waals surface area contributed by atoms with Crippen molar-refractivity contribution in [1.82, 2.24) is 4.90 Å². The number of rotatable bonds is 3. The molecular weight excluding hydrogens is 189 g/mol. The molecule has 0 spiro atoms. The molecule has 15 heavy (non-hydrogen) atoms. The molecule has 1 unspecified atom stereocenters. The fourth-order valence-corrected chi connectivity index (χ4v) is 2.36. The molecule has 1 aliphatic rings. The van der Waals surface area contributed by atoms with Crippen molar-refractivity contribution >= 4 is 0 Å². The lowest BCUT2D eigenvalue weighted by Gasteiger charge is -2.14. The Kier molecular flexibility index (Phi) is 3.37. The van der Waals surface area contributed by atoms with Gasteiger partial charge in [0, 0.05) is 6.54 Å². The Morgan fingerprint density at radius 2 is 2.07 bits per heavy atom. The molecule has 0 amide bonds. The Morgan fingerprint density at radius 1 is 1.33 bits per heavy atom. The highest BCUT2D eigenvalue weighted by Gasteiger charge is 2.22. The Balaban J connectivity index is 1.98. The van der Waals surface area contributed by atoms with Crippen molar-refractivity contribution in [3.63, 3.8) is 0 Å². The quantitative estimate of drug-likeness (QED) is 0.736. The predicted octanol–water partition coefficient (Wildman–Crippen LogP) is 3.03. The third-order valence-electron chi connectivity index (χ3n) is 3.15. The van der Waals surface area contributed by atoms with Gasteiger partial charge in [0.2, 0.25) is 0 Å². The van der Waals surface area contributed by atoms with Crippen LogP contribution < -0.4 is 0 Å². The summed E-state index contributed by atoms with van der Waals surface area (Å²) in [5.41, 5.74) is 1.29. The Hall–Kier alpha value is -0.890. The average Bonchev–Trinajstić information content (AvgIpc) is 2.68. The Bertz CT molecular complexity index is 307. The van der Waals surface area contributed by atoms with E-state index in [0.29, 0.717) is 5.92 Å². The van der Waals surface area contributed by atoms with E-state index in [2.05, 4.69) is 11.8 Å². The van der Waals surface area contributed by atoms with Crippen LogP contribution in [0.4, 0.5) is 4.39 Å². The van der Waals surface area contributed by atoms with Gasteiger partial charge in [0.1, 0.15) is 5.82 Å². The van der Waals surface area contributed by atoms with Crippen LogP contribution in [0.5, 0.6) is 0 Å². The third-order valence-corrected chi connectivity index (χ3v) is 3.15. The zero-order valence-electron chi connectivity index (χ0n) is 9.25. The summed E-state index contributed by atoms with van der Waals surface area (Å²) in [6, 6.07) is 6.99. The summed E-state index contributed by atoms with van der Waals surface area (Å²) in [7, 11) is 0. The number of nitrogens with zero attached hydrogens (tertiary/aromatic N) is 1. The SMILES string of the molecule is CCCN1CCC(c2ccc(F)cc2)C1. The minimum absolute atomic E-state index is 0.137. The van der Waals surface area contributed by atoms with Crippen molar-refractivity contribution in [1.29, 1.82) is 0 Å². The number of halogens is 1. The molecule has 0 radical (unpaired) electrons. The van der Waals surface area contributed by atoms with Gasteiger partial charge in [0.05, 0.1) is 0 Å². The van der Waals surface area contributed by atoms with Crippen LogP contribution in [0, 0.1) is 5.82 Å². The second kappa shape index (κ2) is 4.75. The summed E-state index contributed by atoms with van der Waals surface area (Å²) in [5.74, 6) is 0.472. The van der Waals surface area contributed by atoms with Crippen LogP contribution in [0.15, 0.2) is 24.3 Å². The molecule has 2 rings (SSSR count). The molecule has 2 heteroatoms. The first-order valence-electron chi connectivity index (χ1n) is 5.77. The summed E-state index contributed by atoms with van der Waals surface area (Å²) in [4.78, 5) is 2.49. The second-order valence-corrected chi connectivity index (χ2v) is 4.34. The van der Waals surface area contributed by atoms with E-state index >= 15 is 0 Å². The van der Waals surface area contributed by atoms with Crippen LogP contribution in [0.3, 0.4) is 0 Å². The fraction of sp³-hybridized carbons (Fsp3) is 0.538. The van der Waals surface area contributed by atoms with E-state index in [1.165, 1.54) is 31.5 Å². The van der Waals surface area contributed by atoms with Crippen LogP contribution in [0.25, 0.3) is 0 Å². The molecule has 1 aromatic rings. The monoisotopic (exact) mass is 207 g/mol. The molecule has 0 aromatic heterocycles. The first-order valence-corrected chi connectivity index (χ1v) is 5.77. The molecule has 1 heterocycles. The van der Waals surface area contributed by atoms with Crippen molar-refractivity contribution in [3.8, 4) is 0 Å². The highest BCUT2D eigenvalue weighted by molar-refractivity contribution is 5.21. The molecule has 1 nitrogen and oxygen atoms in total. The lowest BCUT2D eigenvalue weighted by Crippen LogP contribution is -2.20. The first-order chi connectivity index (χ1) is 7.29. The van der Waals surface area contributed by atoms with Crippen molar-refractivity contribution in [2.24, 2.45) is 0 Å². The summed E-state index contributed by atoms with van der Waals surface area (Å²) in [6.07, 6.45) is 2.43. The number of hydrogen-bond donors (Lipinski definition) is 0. The number of benzene rings is 1. The summed E-state index contributed by atoms with van der Waals surface area (Å²) >= 11 is 0. The van der Waals surface area contributed by atoms with Gasteiger partial charge >= 0.3 is 0 Å². The predicted molar refractivity (Wildman–Crippen MR) is 60.5 cm³/mol. The molecule has 1 aromatic carbocycles. The van der Waals surface area contributed by atoms with E-state index in [-0.39, 0.29) is 5.82 Å². The smallest absolute Gasteiger partial charge is 0.123 e. The standard InChI is InChI=1S/C13H18FN/c1-2-8-15-9-7-12(10-15)11-3-5-13(14)6-4-11/h3-6,12H,2,7-10H2,1H3. The van der Waals surface area contributed by atoms with Gasteiger partial charge in [-0.1, -0.05) is 19.1 Å². The maximum Gasteiger partial charge on any atom is 0.123 e. The highest BCUT2D eigenvalue weighted by Crippen LogP contribution is 2.27. The number of likely N-dealkylation sites (tertiary alicyclic amines) is 1. The van der Waals surface area contributed by atoms with Gasteiger partial charge in [-0.15, -0.1) is 0 Å². The molecule has 0 aliphatic carbocycles. The third kappa shape index (κ3) is 2.57. The molecule has 1 fully saturated rings. The maximum absolute atomic E-state index is 12.8. The summed E-state index contributed by atoms with van der Waals surface area (Å²) < 4.78 is 12.8. The Morgan fingerprint density at radius 3 is 2.73 bits per heavy atom. The van der Waals surface area contributed by atoms with E-state index < -0.39 is 0 Å². The van der Waals surface area contributed by atoms with Gasteiger partial charge in [-0.25, -0.2) is 4.39 Å². The van der Waals surface area contributed by atoms with E-state index in [4.69, 9.17) is 0 Å². The van der Waals surface area contributed by atoms with Crippen molar-refractivity contribution in [2.75, 3.05) is 19.6 Å². The van der Waals surface area contributed by atoms with E-state index in [0.717, 1.165) is 6.54 Å². The highest BCUT2D eigenvalue weighted by atomic mass is 19.1. The molecule has 0 saturated carbocycles. The lowest BCUT2D eigenvalue weighted by atomic mass is 9.99. The normalized spacial score (nSPS) is 22.1. The van der Waals surface area contributed by atoms with Gasteiger partial charge in [-0.05, 0) is 49.5 Å². The minimum Gasteiger partial charge on any atom is -0.303 e. The van der Waals surface area contributed by atoms with Crippen LogP contribution in [-0.2, 0) is 0 Å². The van der Waals surface area contributed by atoms with Gasteiger partial charge in [0.25, 0.3) is 0 Å². The van der Waals surface area contributed by atoms with Crippen LogP contribution in [0.1, 0.15) is 31.2 Å². The minimum atomic E-state index is -0.137. The topological polar surface area (TPSA) is 3.24 Å². The van der Waals surface area contributed by atoms with E-state index in [1.54, 1.807) is 12.1 Å². The van der Waals surface area contributed by atoms with Crippen molar-refractivity contribution < 1.29 is 4.39 Å². The molecule has 1 aliphatic heterocycles. The van der Waals surface area contributed by atoms with E-state index in [1.807, 2.05) is 12.1 Å². The zero-order chi connectivity index (χ0) is 10.7. The maximum atomic E-state index is 12.8. The van der Waals surface area contributed by atoms with Gasteiger partial charge in [-0.2, -0.15) is 0 Å². The largest absolute Gasteiger partial charge is 0.303 e. The zero-order valence-corrected chi connectivity index (χ0v) is 9.25. The molecule has 1 saturated heterocycles. The van der Waals surface area contributed by atoms with Crippen molar-refractivity contribution in [2.45, 2.75) is 25.7 Å². The molecule has 0 N–H and O–H groups in total. The van der Waals surface area contributed by atoms with Crippen LogP contribution in [-0.4, -0.2) is 24.5 Å². The number of hydrogen-bond acceptors (Lipinski definition) is 1. The lowest BCUT2D eigenvalue weighted by molar-refractivity contribution is 0.335. The first kappa shape index (κ1) is 10.6. The summed E-state index contributed by atoms with van der Waals surface area (Å²) in [6.45, 7) is 5.73. The van der Waals surface area contributed by atoms with Gasteiger partial charge in [0.15, 0.2) is 0 Å².